The van der Waals surface area contributed by atoms with Gasteiger partial charge in [-0.25, -0.2) is 15.0 Å². The third-order valence-corrected chi connectivity index (χ3v) is 5.38. The van der Waals surface area contributed by atoms with Gasteiger partial charge in [-0.15, -0.1) is 0 Å². The number of aliphatic hydroxyl groups excluding tert-OH is 1. The zero-order valence-electron chi connectivity index (χ0n) is 16.0. The molecule has 7 nitrogen and oxygen atoms in total. The number of halogens is 4. The molecule has 4 aromatic rings. The Balaban J connectivity index is 1.62. The Hall–Kier alpha value is -2.93. The van der Waals surface area contributed by atoms with Crippen LogP contribution in [0.4, 0.5) is 36.3 Å². The van der Waals surface area contributed by atoms with E-state index >= 15 is 0 Å². The monoisotopic (exact) mass is 540 g/mol. The van der Waals surface area contributed by atoms with Crippen LogP contribution in [0.1, 0.15) is 16.7 Å². The number of aliphatic hydroxyl groups is 1. The third kappa shape index (κ3) is 4.56. The number of aromatic nitrogens is 4. The molecule has 0 unspecified atom stereocenters. The molecule has 0 fully saturated rings. The number of aromatic amines is 1. The average molecular weight is 540 g/mol. The van der Waals surface area contributed by atoms with Gasteiger partial charge in [0, 0.05) is 9.26 Å². The van der Waals surface area contributed by atoms with Gasteiger partial charge in [-0.1, -0.05) is 6.07 Å². The fourth-order valence-electron chi connectivity index (χ4n) is 3.04. The Bertz CT molecular complexity index is 1220. The van der Waals surface area contributed by atoms with E-state index in [4.69, 9.17) is 0 Å². The predicted molar refractivity (Wildman–Crippen MR) is 120 cm³/mol. The lowest BCUT2D eigenvalue weighted by atomic mass is 10.1. The Morgan fingerprint density at radius 2 is 1.84 bits per heavy atom. The Morgan fingerprint density at radius 1 is 1.10 bits per heavy atom. The maximum Gasteiger partial charge on any atom is 0.416 e. The van der Waals surface area contributed by atoms with Crippen molar-refractivity contribution in [3.63, 3.8) is 0 Å². The second kappa shape index (κ2) is 8.30. The number of hydrogen-bond donors (Lipinski definition) is 4. The van der Waals surface area contributed by atoms with E-state index in [2.05, 4.69) is 53.2 Å². The Labute approximate surface area is 188 Å². The summed E-state index contributed by atoms with van der Waals surface area (Å²) in [5.74, 6) is 0.792. The summed E-state index contributed by atoms with van der Waals surface area (Å²) in [6.45, 7) is 1.88. The minimum absolute atomic E-state index is 0.0453. The van der Waals surface area contributed by atoms with Crippen molar-refractivity contribution in [2.45, 2.75) is 19.7 Å². The number of rotatable bonds is 5. The van der Waals surface area contributed by atoms with Crippen molar-refractivity contribution < 1.29 is 18.3 Å². The van der Waals surface area contributed by atoms with Crippen molar-refractivity contribution in [1.82, 2.24) is 19.9 Å². The van der Waals surface area contributed by atoms with E-state index in [1.54, 1.807) is 0 Å². The number of anilines is 4. The summed E-state index contributed by atoms with van der Waals surface area (Å²) in [6.07, 6.45) is -3.06. The van der Waals surface area contributed by atoms with Gasteiger partial charge in [-0.05, 0) is 71.0 Å². The van der Waals surface area contributed by atoms with Crippen molar-refractivity contribution in [3.8, 4) is 0 Å². The lowest BCUT2D eigenvalue weighted by molar-refractivity contribution is -0.137. The van der Waals surface area contributed by atoms with E-state index in [1.807, 2.05) is 19.1 Å². The molecule has 4 rings (SSSR count). The molecule has 0 aliphatic heterocycles. The molecule has 0 aliphatic carbocycles. The van der Waals surface area contributed by atoms with Gasteiger partial charge in [0.15, 0.2) is 17.0 Å². The molecule has 0 atom stereocenters. The van der Waals surface area contributed by atoms with Crippen LogP contribution >= 0.6 is 22.6 Å². The van der Waals surface area contributed by atoms with Crippen LogP contribution < -0.4 is 10.6 Å². The van der Waals surface area contributed by atoms with Crippen LogP contribution in [0.3, 0.4) is 0 Å². The maximum absolute atomic E-state index is 12.8. The van der Waals surface area contributed by atoms with E-state index in [9.17, 15) is 18.3 Å². The summed E-state index contributed by atoms with van der Waals surface area (Å²) in [5, 5.41) is 15.6. The summed E-state index contributed by atoms with van der Waals surface area (Å²) in [5.41, 5.74) is 3.19. The Morgan fingerprint density at radius 3 is 2.48 bits per heavy atom. The molecule has 0 radical (unpaired) electrons. The number of H-pyrrole nitrogens is 1. The van der Waals surface area contributed by atoms with Gasteiger partial charge in [-0.3, -0.25) is 0 Å². The normalized spacial score (nSPS) is 11.7. The van der Waals surface area contributed by atoms with E-state index in [-0.39, 0.29) is 6.61 Å². The number of alkyl halides is 3. The zero-order valence-corrected chi connectivity index (χ0v) is 18.2. The molecular weight excluding hydrogens is 524 g/mol. The Kier molecular flexibility index (Phi) is 5.71. The molecule has 0 saturated heterocycles. The first-order chi connectivity index (χ1) is 14.7. The highest BCUT2D eigenvalue weighted by molar-refractivity contribution is 14.1. The molecule has 4 N–H and O–H groups in total. The summed E-state index contributed by atoms with van der Waals surface area (Å²) in [7, 11) is 0. The number of nitrogens with one attached hydrogen (secondary N) is 3. The minimum atomic E-state index is -4.39. The van der Waals surface area contributed by atoms with Crippen molar-refractivity contribution in [2.24, 2.45) is 0 Å². The number of nitrogens with zero attached hydrogens (tertiary/aromatic N) is 3. The summed E-state index contributed by atoms with van der Waals surface area (Å²) >= 11 is 2.17. The quantitative estimate of drug-likeness (QED) is 0.258. The van der Waals surface area contributed by atoms with E-state index in [0.29, 0.717) is 28.6 Å². The van der Waals surface area contributed by atoms with Gasteiger partial charge >= 0.3 is 6.18 Å². The van der Waals surface area contributed by atoms with E-state index in [0.717, 1.165) is 32.5 Å². The van der Waals surface area contributed by atoms with E-state index < -0.39 is 11.7 Å². The first-order valence-electron chi connectivity index (χ1n) is 9.06. The molecule has 0 spiro atoms. The summed E-state index contributed by atoms with van der Waals surface area (Å²) < 4.78 is 39.2. The van der Waals surface area contributed by atoms with Crippen molar-refractivity contribution in [2.75, 3.05) is 10.6 Å². The highest BCUT2D eigenvalue weighted by Crippen LogP contribution is 2.31. The number of aryl methyl sites for hydroxylation is 1. The SMILES string of the molecule is Cc1cc(CO)cc(I)c1Nc1nc2c(Nc3ccc(C(F)(F)F)cc3)ncnc2[nH]1. The first kappa shape index (κ1) is 21.3. The number of benzene rings is 2. The third-order valence-electron chi connectivity index (χ3n) is 4.53. The highest BCUT2D eigenvalue weighted by Gasteiger charge is 2.30. The molecule has 0 aliphatic rings. The van der Waals surface area contributed by atoms with Gasteiger partial charge in [-0.2, -0.15) is 13.2 Å². The smallest absolute Gasteiger partial charge is 0.392 e. The van der Waals surface area contributed by atoms with Crippen LogP contribution in [-0.4, -0.2) is 25.0 Å². The molecule has 2 aromatic carbocycles. The van der Waals surface area contributed by atoms with Crippen LogP contribution in [0, 0.1) is 10.5 Å². The van der Waals surface area contributed by atoms with Crippen LogP contribution in [0.15, 0.2) is 42.7 Å². The topological polar surface area (TPSA) is 98.8 Å². The largest absolute Gasteiger partial charge is 0.416 e. The molecule has 2 aromatic heterocycles. The zero-order chi connectivity index (χ0) is 22.2. The van der Waals surface area contributed by atoms with Crippen molar-refractivity contribution in [3.05, 3.63) is 63.0 Å². The fourth-order valence-corrected chi connectivity index (χ4v) is 4.00. The van der Waals surface area contributed by atoms with Gasteiger partial charge < -0.3 is 20.7 Å². The predicted octanol–water partition coefficient (Wildman–Crippen LogP) is 5.26. The number of imidazole rings is 1. The molecule has 0 saturated carbocycles. The van der Waals surface area contributed by atoms with Gasteiger partial charge in [0.05, 0.1) is 17.9 Å². The summed E-state index contributed by atoms with van der Waals surface area (Å²) in [6, 6.07) is 8.41. The minimum Gasteiger partial charge on any atom is -0.392 e. The summed E-state index contributed by atoms with van der Waals surface area (Å²) in [4.78, 5) is 15.9. The molecule has 31 heavy (non-hydrogen) atoms. The number of hydrogen-bond acceptors (Lipinski definition) is 6. The second-order valence-electron chi connectivity index (χ2n) is 6.76. The van der Waals surface area contributed by atoms with Gasteiger partial charge in [0.1, 0.15) is 6.33 Å². The molecule has 2 heterocycles. The standard InChI is InChI=1S/C20H16F3IN6O/c1-10-6-11(8-31)7-14(24)15(10)28-19-29-16-17(25-9-26-18(16)30-19)27-13-4-2-12(3-5-13)20(21,22)23/h2-7,9,31H,8H2,1H3,(H3,25,26,27,28,29,30). The first-order valence-corrected chi connectivity index (χ1v) is 10.1. The molecule has 11 heteroatoms. The van der Waals surface area contributed by atoms with Gasteiger partial charge in [0.2, 0.25) is 5.95 Å². The molecule has 0 amide bonds. The van der Waals surface area contributed by atoms with Crippen LogP contribution in [-0.2, 0) is 12.8 Å². The average Bonchev–Trinajstić information content (AvgIpc) is 3.14. The van der Waals surface area contributed by atoms with Crippen LogP contribution in [0.5, 0.6) is 0 Å². The maximum atomic E-state index is 12.8. The fraction of sp³-hybridized carbons (Fsp3) is 0.150. The van der Waals surface area contributed by atoms with Crippen LogP contribution in [0.25, 0.3) is 11.2 Å². The molecule has 160 valence electrons. The van der Waals surface area contributed by atoms with Crippen LogP contribution in [0.2, 0.25) is 0 Å². The lowest BCUT2D eigenvalue weighted by Crippen LogP contribution is -2.04. The lowest BCUT2D eigenvalue weighted by Gasteiger charge is -2.11. The molecular formula is C20H16F3IN6O. The van der Waals surface area contributed by atoms with Crippen molar-refractivity contribution >= 4 is 56.9 Å². The molecule has 0 bridgehead atoms. The number of fused-ring (bicyclic) bond motifs is 1. The van der Waals surface area contributed by atoms with Crippen molar-refractivity contribution in [1.29, 1.82) is 0 Å². The highest BCUT2D eigenvalue weighted by atomic mass is 127. The van der Waals surface area contributed by atoms with E-state index in [1.165, 1.54) is 18.5 Å². The van der Waals surface area contributed by atoms with Gasteiger partial charge in [0.25, 0.3) is 0 Å². The second-order valence-corrected chi connectivity index (χ2v) is 7.92.